The number of rotatable bonds is 3. The number of hydrogen-bond acceptors (Lipinski definition) is 3. The predicted octanol–water partition coefficient (Wildman–Crippen LogP) is 1.65. The van der Waals surface area contributed by atoms with Crippen molar-refractivity contribution in [2.45, 2.75) is 32.2 Å². The molecule has 0 heterocycles. The second-order valence-electron chi connectivity index (χ2n) is 3.42. The Kier molecular flexibility index (Phi) is 3.09. The molecular weight excluding hydrogens is 158 g/mol. The van der Waals surface area contributed by atoms with Crippen LogP contribution in [0.5, 0.6) is 0 Å². The van der Waals surface area contributed by atoms with Gasteiger partial charge in [-0.15, -0.1) is 0 Å². The standard InChI is InChI=1S/C7H15NO2Si/c1-7(2,10-6-8)11(4,5)9-3/h1-5H3. The maximum absolute atomic E-state index is 8.36. The lowest BCUT2D eigenvalue weighted by Crippen LogP contribution is -2.53. The molecule has 0 amide bonds. The van der Waals surface area contributed by atoms with Gasteiger partial charge in [-0.25, -0.2) is 0 Å². The summed E-state index contributed by atoms with van der Waals surface area (Å²) in [6.07, 6.45) is 1.70. The highest BCUT2D eigenvalue weighted by molar-refractivity contribution is 6.73. The van der Waals surface area contributed by atoms with E-state index in [1.807, 2.05) is 26.9 Å². The monoisotopic (exact) mass is 173 g/mol. The average molecular weight is 173 g/mol. The van der Waals surface area contributed by atoms with E-state index in [4.69, 9.17) is 14.4 Å². The van der Waals surface area contributed by atoms with Gasteiger partial charge in [0.1, 0.15) is 5.22 Å². The normalized spacial score (nSPS) is 12.4. The third kappa shape index (κ3) is 2.21. The van der Waals surface area contributed by atoms with Crippen LogP contribution in [0.4, 0.5) is 0 Å². The molecule has 0 N–H and O–H groups in total. The van der Waals surface area contributed by atoms with Crippen LogP contribution in [0.2, 0.25) is 13.1 Å². The van der Waals surface area contributed by atoms with Crippen LogP contribution in [0.15, 0.2) is 0 Å². The molecule has 0 saturated carbocycles. The third-order valence-electron chi connectivity index (χ3n) is 2.26. The Balaban J connectivity index is 4.42. The summed E-state index contributed by atoms with van der Waals surface area (Å²) in [6, 6.07) is 0. The summed E-state index contributed by atoms with van der Waals surface area (Å²) in [5.74, 6) is 0. The van der Waals surface area contributed by atoms with Crippen molar-refractivity contribution in [3.05, 3.63) is 0 Å². The lowest BCUT2D eigenvalue weighted by atomic mass is 10.5. The largest absolute Gasteiger partial charge is 0.422 e. The molecule has 0 aliphatic rings. The van der Waals surface area contributed by atoms with Gasteiger partial charge < -0.3 is 9.16 Å². The molecule has 0 unspecified atom stereocenters. The smallest absolute Gasteiger partial charge is 0.286 e. The minimum Gasteiger partial charge on any atom is -0.422 e. The van der Waals surface area contributed by atoms with Crippen LogP contribution in [0.25, 0.3) is 0 Å². The first-order chi connectivity index (χ1) is 4.87. The molecule has 0 aliphatic carbocycles. The maximum atomic E-state index is 8.36. The first kappa shape index (κ1) is 10.5. The second kappa shape index (κ2) is 3.24. The summed E-state index contributed by atoms with van der Waals surface area (Å²) in [5.41, 5.74) is 0. The summed E-state index contributed by atoms with van der Waals surface area (Å²) in [7, 11) is -0.209. The highest BCUT2D eigenvalue weighted by Gasteiger charge is 2.42. The van der Waals surface area contributed by atoms with Crippen LogP contribution >= 0.6 is 0 Å². The van der Waals surface area contributed by atoms with Crippen molar-refractivity contribution < 1.29 is 9.16 Å². The van der Waals surface area contributed by atoms with Gasteiger partial charge >= 0.3 is 0 Å². The van der Waals surface area contributed by atoms with Crippen LogP contribution in [-0.4, -0.2) is 20.7 Å². The Labute approximate surface area is 69.1 Å². The van der Waals surface area contributed by atoms with Gasteiger partial charge in [-0.1, -0.05) is 0 Å². The maximum Gasteiger partial charge on any atom is 0.286 e. The second-order valence-corrected chi connectivity index (χ2v) is 8.05. The van der Waals surface area contributed by atoms with E-state index in [0.717, 1.165) is 0 Å². The minimum atomic E-state index is -1.87. The molecule has 0 aromatic heterocycles. The Morgan fingerprint density at radius 1 is 1.36 bits per heavy atom. The number of nitriles is 1. The van der Waals surface area contributed by atoms with Crippen LogP contribution in [-0.2, 0) is 9.16 Å². The highest BCUT2D eigenvalue weighted by atomic mass is 28.4. The summed E-state index contributed by atoms with van der Waals surface area (Å²) in [6.45, 7) is 7.80. The van der Waals surface area contributed by atoms with Gasteiger partial charge in [0.05, 0.1) is 0 Å². The van der Waals surface area contributed by atoms with Crippen LogP contribution < -0.4 is 0 Å². The Hall–Kier alpha value is -0.533. The molecule has 0 aromatic carbocycles. The minimum absolute atomic E-state index is 0.448. The Morgan fingerprint density at radius 2 is 1.82 bits per heavy atom. The topological polar surface area (TPSA) is 42.2 Å². The van der Waals surface area contributed by atoms with Gasteiger partial charge in [-0.05, 0) is 26.9 Å². The van der Waals surface area contributed by atoms with Gasteiger partial charge in [-0.2, -0.15) is 5.26 Å². The molecule has 0 radical (unpaired) electrons. The first-order valence-corrected chi connectivity index (χ1v) is 6.40. The highest BCUT2D eigenvalue weighted by Crippen LogP contribution is 2.23. The molecule has 0 bridgehead atoms. The fraction of sp³-hybridized carbons (Fsp3) is 0.857. The molecule has 0 aliphatic heterocycles. The van der Waals surface area contributed by atoms with E-state index >= 15 is 0 Å². The van der Waals surface area contributed by atoms with E-state index in [1.165, 1.54) is 0 Å². The van der Waals surface area contributed by atoms with E-state index in [2.05, 4.69) is 0 Å². The molecule has 64 valence electrons. The lowest BCUT2D eigenvalue weighted by Gasteiger charge is -2.34. The summed E-state index contributed by atoms with van der Waals surface area (Å²) in [5, 5.41) is 7.91. The van der Waals surface area contributed by atoms with Crippen molar-refractivity contribution in [1.29, 1.82) is 5.26 Å². The molecule has 0 rings (SSSR count). The lowest BCUT2D eigenvalue weighted by molar-refractivity contribution is 0.119. The zero-order valence-electron chi connectivity index (χ0n) is 7.76. The van der Waals surface area contributed by atoms with E-state index < -0.39 is 13.5 Å². The number of ether oxygens (including phenoxy) is 1. The number of hydrogen-bond donors (Lipinski definition) is 0. The number of nitrogens with zero attached hydrogens (tertiary/aromatic N) is 1. The quantitative estimate of drug-likeness (QED) is 0.481. The molecule has 0 atom stereocenters. The van der Waals surface area contributed by atoms with Crippen molar-refractivity contribution in [2.24, 2.45) is 0 Å². The van der Waals surface area contributed by atoms with E-state index in [-0.39, 0.29) is 0 Å². The summed E-state index contributed by atoms with van der Waals surface area (Å²) >= 11 is 0. The van der Waals surface area contributed by atoms with Gasteiger partial charge in [0, 0.05) is 7.11 Å². The molecule has 0 saturated heterocycles. The van der Waals surface area contributed by atoms with Crippen molar-refractivity contribution in [2.75, 3.05) is 7.11 Å². The van der Waals surface area contributed by atoms with Crippen molar-refractivity contribution in [3.8, 4) is 6.26 Å². The van der Waals surface area contributed by atoms with E-state index in [9.17, 15) is 0 Å². The molecule has 0 fully saturated rings. The molecule has 3 nitrogen and oxygen atoms in total. The predicted molar refractivity (Wildman–Crippen MR) is 45.3 cm³/mol. The van der Waals surface area contributed by atoms with E-state index in [0.29, 0.717) is 0 Å². The van der Waals surface area contributed by atoms with Gasteiger partial charge in [0.25, 0.3) is 6.26 Å². The van der Waals surface area contributed by atoms with Crippen molar-refractivity contribution in [3.63, 3.8) is 0 Å². The molecule has 11 heavy (non-hydrogen) atoms. The van der Waals surface area contributed by atoms with Gasteiger partial charge in [0.2, 0.25) is 8.32 Å². The third-order valence-corrected chi connectivity index (χ3v) is 6.28. The van der Waals surface area contributed by atoms with Gasteiger partial charge in [0.15, 0.2) is 0 Å². The zero-order valence-corrected chi connectivity index (χ0v) is 8.76. The summed E-state index contributed by atoms with van der Waals surface area (Å²) in [4.78, 5) is 0. The van der Waals surface area contributed by atoms with Crippen LogP contribution in [0, 0.1) is 11.5 Å². The van der Waals surface area contributed by atoms with E-state index in [1.54, 1.807) is 13.4 Å². The van der Waals surface area contributed by atoms with Gasteiger partial charge in [-0.3, -0.25) is 0 Å². The zero-order chi connectivity index (χ0) is 9.12. The average Bonchev–Trinajstić information content (AvgIpc) is 1.87. The SMILES string of the molecule is CO[Si](C)(C)C(C)(C)OC#N. The fourth-order valence-corrected chi connectivity index (χ4v) is 1.27. The summed E-state index contributed by atoms with van der Waals surface area (Å²) < 4.78 is 10.2. The van der Waals surface area contributed by atoms with Crippen LogP contribution in [0.3, 0.4) is 0 Å². The van der Waals surface area contributed by atoms with Crippen LogP contribution in [0.1, 0.15) is 13.8 Å². The Bertz CT molecular complexity index is 172. The van der Waals surface area contributed by atoms with Crippen molar-refractivity contribution in [1.82, 2.24) is 0 Å². The molecule has 0 spiro atoms. The molecular formula is C7H15NO2Si. The first-order valence-electron chi connectivity index (χ1n) is 3.49. The Morgan fingerprint density at radius 3 is 2.09 bits per heavy atom. The molecule has 4 heteroatoms. The molecule has 0 aromatic rings. The van der Waals surface area contributed by atoms with Crippen molar-refractivity contribution >= 4 is 8.32 Å². The fourth-order valence-electron chi connectivity index (χ4n) is 0.483.